The van der Waals surface area contributed by atoms with E-state index in [0.717, 1.165) is 35.1 Å². The second kappa shape index (κ2) is 8.37. The molecule has 9 heteroatoms. The monoisotopic (exact) mass is 364 g/mol. The quantitative estimate of drug-likeness (QED) is 0.622. The van der Waals surface area contributed by atoms with Crippen LogP contribution in [0.25, 0.3) is 11.0 Å². The Labute approximate surface area is 151 Å². The van der Waals surface area contributed by atoms with Crippen molar-refractivity contribution in [3.05, 3.63) is 6.20 Å². The van der Waals surface area contributed by atoms with Gasteiger partial charge in [-0.2, -0.15) is 5.10 Å². The van der Waals surface area contributed by atoms with Gasteiger partial charge in [-0.25, -0.2) is 19.4 Å². The minimum atomic E-state index is -0.410. The smallest absolute Gasteiger partial charge is 0.407 e. The van der Waals surface area contributed by atoms with Gasteiger partial charge in [-0.15, -0.1) is 0 Å². The van der Waals surface area contributed by atoms with Crippen LogP contribution in [-0.4, -0.2) is 58.3 Å². The molecule has 3 rings (SSSR count). The van der Waals surface area contributed by atoms with Gasteiger partial charge in [0.05, 0.1) is 24.7 Å². The molecule has 136 valence electrons. The molecule has 0 radical (unpaired) electrons. The Bertz CT molecular complexity index is 729. The number of nitrogens with one attached hydrogen (secondary N) is 1. The predicted molar refractivity (Wildman–Crippen MR) is 98.2 cm³/mol. The zero-order valence-corrected chi connectivity index (χ0v) is 15.5. The van der Waals surface area contributed by atoms with Gasteiger partial charge in [0.1, 0.15) is 5.82 Å². The van der Waals surface area contributed by atoms with Gasteiger partial charge in [-0.1, -0.05) is 11.8 Å². The average Bonchev–Trinajstić information content (AvgIpc) is 3.05. The minimum Gasteiger partial charge on any atom is -0.450 e. The molecule has 1 fully saturated rings. The zero-order valence-electron chi connectivity index (χ0n) is 14.7. The van der Waals surface area contributed by atoms with Crippen LogP contribution in [0.3, 0.4) is 0 Å². The molecule has 0 saturated carbocycles. The van der Waals surface area contributed by atoms with Crippen molar-refractivity contribution in [1.82, 2.24) is 25.1 Å². The highest BCUT2D eigenvalue weighted by Gasteiger charge is 2.19. The van der Waals surface area contributed by atoms with Crippen molar-refractivity contribution < 1.29 is 9.53 Å². The lowest BCUT2D eigenvalue weighted by atomic mass is 10.1. The molecule has 1 aliphatic rings. The van der Waals surface area contributed by atoms with Crippen molar-refractivity contribution in [3.8, 4) is 0 Å². The number of piperidine rings is 1. The Balaban J connectivity index is 1.82. The highest BCUT2D eigenvalue weighted by molar-refractivity contribution is 7.98. The van der Waals surface area contributed by atoms with Crippen LogP contribution in [0.4, 0.5) is 10.6 Å². The Morgan fingerprint density at radius 2 is 2.12 bits per heavy atom. The SMILES string of the molecule is CCOC(=O)NCCn1ncc2c(N3CCCCC3)nc(SC)nc21. The molecular formula is C16H24N6O2S. The molecule has 8 nitrogen and oxygen atoms in total. The summed E-state index contributed by atoms with van der Waals surface area (Å²) >= 11 is 1.53. The zero-order chi connectivity index (χ0) is 17.6. The van der Waals surface area contributed by atoms with Gasteiger partial charge in [0.25, 0.3) is 0 Å². The number of amides is 1. The molecule has 3 heterocycles. The Hall–Kier alpha value is -2.03. The summed E-state index contributed by atoms with van der Waals surface area (Å²) in [5.74, 6) is 0.971. The largest absolute Gasteiger partial charge is 0.450 e. The Morgan fingerprint density at radius 1 is 1.32 bits per heavy atom. The van der Waals surface area contributed by atoms with E-state index < -0.39 is 6.09 Å². The maximum Gasteiger partial charge on any atom is 0.407 e. The van der Waals surface area contributed by atoms with Gasteiger partial charge < -0.3 is 15.0 Å². The highest BCUT2D eigenvalue weighted by Crippen LogP contribution is 2.28. The summed E-state index contributed by atoms with van der Waals surface area (Å²) in [7, 11) is 0. The standard InChI is InChI=1S/C16H24N6O2S/c1-3-24-16(23)17-7-10-22-14-12(11-18-22)13(19-15(20-14)25-2)21-8-5-4-6-9-21/h11H,3-10H2,1-2H3,(H,17,23). The number of ether oxygens (including phenoxy) is 1. The summed E-state index contributed by atoms with van der Waals surface area (Å²) in [5, 5.41) is 8.88. The molecule has 0 bridgehead atoms. The van der Waals surface area contributed by atoms with Crippen LogP contribution in [0.2, 0.25) is 0 Å². The van der Waals surface area contributed by atoms with Crippen molar-refractivity contribution in [2.45, 2.75) is 37.9 Å². The molecule has 0 unspecified atom stereocenters. The lowest BCUT2D eigenvalue weighted by Crippen LogP contribution is -2.30. The molecule has 0 spiro atoms. The van der Waals surface area contributed by atoms with Gasteiger partial charge in [0.15, 0.2) is 10.8 Å². The van der Waals surface area contributed by atoms with Gasteiger partial charge in [0, 0.05) is 19.6 Å². The Kier molecular flexibility index (Phi) is 5.95. The summed E-state index contributed by atoms with van der Waals surface area (Å²) < 4.78 is 6.68. The number of anilines is 1. The average molecular weight is 364 g/mol. The minimum absolute atomic E-state index is 0.361. The number of nitrogens with zero attached hydrogens (tertiary/aromatic N) is 5. The van der Waals surface area contributed by atoms with E-state index in [0.29, 0.717) is 19.7 Å². The van der Waals surface area contributed by atoms with Crippen molar-refractivity contribution in [1.29, 1.82) is 0 Å². The lowest BCUT2D eigenvalue weighted by Gasteiger charge is -2.28. The molecular weight excluding hydrogens is 340 g/mol. The number of alkyl carbamates (subject to hydrolysis) is 1. The summed E-state index contributed by atoms with van der Waals surface area (Å²) in [5.41, 5.74) is 0.811. The second-order valence-corrected chi connectivity index (χ2v) is 6.61. The van der Waals surface area contributed by atoms with Crippen LogP contribution < -0.4 is 10.2 Å². The number of fused-ring (bicyclic) bond motifs is 1. The first-order valence-electron chi connectivity index (χ1n) is 8.66. The lowest BCUT2D eigenvalue weighted by molar-refractivity contribution is 0.152. The molecule has 0 aliphatic carbocycles. The second-order valence-electron chi connectivity index (χ2n) is 5.83. The summed E-state index contributed by atoms with van der Waals surface area (Å²) in [6.45, 7) is 5.16. The first-order valence-corrected chi connectivity index (χ1v) is 9.88. The Morgan fingerprint density at radius 3 is 2.84 bits per heavy atom. The number of aromatic nitrogens is 4. The van der Waals surface area contributed by atoms with Crippen molar-refractivity contribution in [2.75, 3.05) is 37.4 Å². The van der Waals surface area contributed by atoms with Crippen molar-refractivity contribution >= 4 is 34.7 Å². The molecule has 2 aromatic rings. The van der Waals surface area contributed by atoms with Crippen molar-refractivity contribution in [3.63, 3.8) is 0 Å². The highest BCUT2D eigenvalue weighted by atomic mass is 32.2. The third-order valence-electron chi connectivity index (χ3n) is 4.16. The maximum absolute atomic E-state index is 11.4. The molecule has 1 saturated heterocycles. The van der Waals surface area contributed by atoms with Crippen LogP contribution >= 0.6 is 11.8 Å². The molecule has 2 aromatic heterocycles. The van der Waals surface area contributed by atoms with Crippen LogP contribution in [0.15, 0.2) is 11.4 Å². The molecule has 25 heavy (non-hydrogen) atoms. The number of hydrogen-bond acceptors (Lipinski definition) is 7. The first kappa shape index (κ1) is 17.8. The van der Waals surface area contributed by atoms with E-state index in [1.54, 1.807) is 6.92 Å². The van der Waals surface area contributed by atoms with Gasteiger partial charge in [-0.3, -0.25) is 0 Å². The third kappa shape index (κ3) is 4.15. The number of hydrogen-bond donors (Lipinski definition) is 1. The van der Waals surface area contributed by atoms with E-state index >= 15 is 0 Å². The molecule has 1 amide bonds. The van der Waals surface area contributed by atoms with Crippen LogP contribution in [0.5, 0.6) is 0 Å². The van der Waals surface area contributed by atoms with E-state index in [9.17, 15) is 4.79 Å². The third-order valence-corrected chi connectivity index (χ3v) is 4.71. The first-order chi connectivity index (χ1) is 12.2. The summed E-state index contributed by atoms with van der Waals surface area (Å²) in [4.78, 5) is 23.1. The molecule has 0 aromatic carbocycles. The van der Waals surface area contributed by atoms with E-state index in [1.807, 2.05) is 17.1 Å². The maximum atomic E-state index is 11.4. The molecule has 1 N–H and O–H groups in total. The van der Waals surface area contributed by atoms with E-state index in [2.05, 4.69) is 20.3 Å². The van der Waals surface area contributed by atoms with E-state index in [1.165, 1.54) is 31.0 Å². The molecule has 0 atom stereocenters. The predicted octanol–water partition coefficient (Wildman–Crippen LogP) is 2.28. The van der Waals surface area contributed by atoms with Crippen molar-refractivity contribution in [2.24, 2.45) is 0 Å². The van der Waals surface area contributed by atoms with Crippen LogP contribution in [0, 0.1) is 0 Å². The number of carbonyl (C=O) groups is 1. The van der Waals surface area contributed by atoms with Crippen LogP contribution in [-0.2, 0) is 11.3 Å². The normalized spacial score (nSPS) is 14.7. The topological polar surface area (TPSA) is 85.2 Å². The van der Waals surface area contributed by atoms with E-state index in [4.69, 9.17) is 9.72 Å². The molecule has 1 aliphatic heterocycles. The van der Waals surface area contributed by atoms with Crippen LogP contribution in [0.1, 0.15) is 26.2 Å². The summed E-state index contributed by atoms with van der Waals surface area (Å²) in [6, 6.07) is 0. The number of rotatable bonds is 6. The summed E-state index contributed by atoms with van der Waals surface area (Å²) in [6.07, 6.45) is 7.05. The van der Waals surface area contributed by atoms with Gasteiger partial charge >= 0.3 is 6.09 Å². The fourth-order valence-electron chi connectivity index (χ4n) is 2.97. The van der Waals surface area contributed by atoms with E-state index in [-0.39, 0.29) is 0 Å². The van der Waals surface area contributed by atoms with Gasteiger partial charge in [-0.05, 0) is 32.4 Å². The fourth-order valence-corrected chi connectivity index (χ4v) is 3.32. The number of carbonyl (C=O) groups excluding carboxylic acids is 1. The fraction of sp³-hybridized carbons (Fsp3) is 0.625. The van der Waals surface area contributed by atoms with Gasteiger partial charge in [0.2, 0.25) is 0 Å². The number of thioether (sulfide) groups is 1.